The van der Waals surface area contributed by atoms with Gasteiger partial charge in [0.1, 0.15) is 0 Å². The van der Waals surface area contributed by atoms with E-state index in [0.29, 0.717) is 12.0 Å². The Hall–Kier alpha value is -0.530. The van der Waals surface area contributed by atoms with E-state index in [2.05, 4.69) is 32.2 Å². The standard InChI is InChI=1S/C13H20ClN/c1-4-10(2)11(3)15-9-12-7-5-6-8-13(12)14/h5-8,10-11,15H,4,9H2,1-3H3/t10-,11+/m0/s1. The molecule has 0 aliphatic rings. The van der Waals surface area contributed by atoms with Crippen LogP contribution in [0.5, 0.6) is 0 Å². The van der Waals surface area contributed by atoms with Crippen molar-refractivity contribution in [2.75, 3.05) is 0 Å². The Kier molecular flexibility index (Phi) is 5.13. The van der Waals surface area contributed by atoms with Crippen LogP contribution >= 0.6 is 11.6 Å². The highest BCUT2D eigenvalue weighted by Gasteiger charge is 2.09. The minimum Gasteiger partial charge on any atom is -0.310 e. The highest BCUT2D eigenvalue weighted by molar-refractivity contribution is 6.31. The summed E-state index contributed by atoms with van der Waals surface area (Å²) in [5.41, 5.74) is 1.18. The summed E-state index contributed by atoms with van der Waals surface area (Å²) in [6.07, 6.45) is 1.21. The van der Waals surface area contributed by atoms with Crippen LogP contribution in [-0.2, 0) is 6.54 Å². The van der Waals surface area contributed by atoms with E-state index in [0.717, 1.165) is 11.6 Å². The molecule has 1 aromatic rings. The van der Waals surface area contributed by atoms with Crippen LogP contribution in [0.3, 0.4) is 0 Å². The predicted octanol–water partition coefficient (Wildman–Crippen LogP) is 3.86. The average molecular weight is 226 g/mol. The normalized spacial score (nSPS) is 14.9. The maximum absolute atomic E-state index is 6.08. The van der Waals surface area contributed by atoms with Gasteiger partial charge >= 0.3 is 0 Å². The molecule has 0 spiro atoms. The maximum atomic E-state index is 6.08. The molecule has 0 bridgehead atoms. The van der Waals surface area contributed by atoms with Crippen molar-refractivity contribution >= 4 is 11.6 Å². The van der Waals surface area contributed by atoms with Crippen LogP contribution < -0.4 is 5.32 Å². The molecule has 0 amide bonds. The summed E-state index contributed by atoms with van der Waals surface area (Å²) in [7, 11) is 0. The second kappa shape index (κ2) is 6.14. The zero-order valence-electron chi connectivity index (χ0n) is 9.76. The molecule has 1 aromatic carbocycles. The first-order chi connectivity index (χ1) is 7.15. The lowest BCUT2D eigenvalue weighted by Gasteiger charge is -2.20. The Morgan fingerprint density at radius 1 is 1.27 bits per heavy atom. The van der Waals surface area contributed by atoms with Gasteiger partial charge in [-0.3, -0.25) is 0 Å². The molecule has 1 rings (SSSR count). The van der Waals surface area contributed by atoms with Gasteiger partial charge in [0, 0.05) is 17.6 Å². The molecule has 0 heterocycles. The quantitative estimate of drug-likeness (QED) is 0.803. The van der Waals surface area contributed by atoms with Gasteiger partial charge in [0.2, 0.25) is 0 Å². The van der Waals surface area contributed by atoms with E-state index < -0.39 is 0 Å². The number of rotatable bonds is 5. The Morgan fingerprint density at radius 2 is 1.93 bits per heavy atom. The van der Waals surface area contributed by atoms with E-state index in [1.165, 1.54) is 12.0 Å². The van der Waals surface area contributed by atoms with Crippen LogP contribution in [0.1, 0.15) is 32.8 Å². The molecule has 0 aliphatic carbocycles. The SMILES string of the molecule is CC[C@H](C)[C@@H](C)NCc1ccccc1Cl. The van der Waals surface area contributed by atoms with Crippen LogP contribution in [0.4, 0.5) is 0 Å². The molecule has 0 aromatic heterocycles. The van der Waals surface area contributed by atoms with Crippen LogP contribution in [0, 0.1) is 5.92 Å². The number of hydrogen-bond acceptors (Lipinski definition) is 1. The Bertz CT molecular complexity index is 298. The highest BCUT2D eigenvalue weighted by Crippen LogP contribution is 2.15. The molecule has 15 heavy (non-hydrogen) atoms. The van der Waals surface area contributed by atoms with E-state index >= 15 is 0 Å². The predicted molar refractivity (Wildman–Crippen MR) is 67.2 cm³/mol. The fraction of sp³-hybridized carbons (Fsp3) is 0.538. The number of halogens is 1. The molecular formula is C13H20ClN. The maximum Gasteiger partial charge on any atom is 0.0450 e. The Morgan fingerprint density at radius 3 is 2.53 bits per heavy atom. The Balaban J connectivity index is 2.47. The lowest BCUT2D eigenvalue weighted by Crippen LogP contribution is -2.31. The molecule has 2 atom stereocenters. The van der Waals surface area contributed by atoms with Crippen molar-refractivity contribution in [3.63, 3.8) is 0 Å². The van der Waals surface area contributed by atoms with Gasteiger partial charge in [0.05, 0.1) is 0 Å². The van der Waals surface area contributed by atoms with Crippen molar-refractivity contribution in [2.45, 2.75) is 39.8 Å². The third kappa shape index (κ3) is 3.84. The minimum absolute atomic E-state index is 0.534. The molecule has 0 radical (unpaired) electrons. The zero-order valence-corrected chi connectivity index (χ0v) is 10.5. The van der Waals surface area contributed by atoms with Crippen LogP contribution in [0.15, 0.2) is 24.3 Å². The van der Waals surface area contributed by atoms with Crippen molar-refractivity contribution in [2.24, 2.45) is 5.92 Å². The summed E-state index contributed by atoms with van der Waals surface area (Å²) >= 11 is 6.08. The first kappa shape index (κ1) is 12.5. The first-order valence-electron chi connectivity index (χ1n) is 5.62. The molecule has 0 unspecified atom stereocenters. The zero-order chi connectivity index (χ0) is 11.3. The second-order valence-electron chi connectivity index (χ2n) is 4.15. The first-order valence-corrected chi connectivity index (χ1v) is 5.99. The monoisotopic (exact) mass is 225 g/mol. The van der Waals surface area contributed by atoms with Gasteiger partial charge in [-0.05, 0) is 24.5 Å². The molecule has 2 heteroatoms. The van der Waals surface area contributed by atoms with Crippen molar-refractivity contribution in [1.29, 1.82) is 0 Å². The van der Waals surface area contributed by atoms with Gasteiger partial charge in [-0.25, -0.2) is 0 Å². The van der Waals surface area contributed by atoms with Crippen LogP contribution in [-0.4, -0.2) is 6.04 Å². The third-order valence-corrected chi connectivity index (χ3v) is 3.44. The molecule has 1 N–H and O–H groups in total. The van der Waals surface area contributed by atoms with E-state index in [1.54, 1.807) is 0 Å². The largest absolute Gasteiger partial charge is 0.310 e. The molecule has 0 aliphatic heterocycles. The number of hydrogen-bond donors (Lipinski definition) is 1. The third-order valence-electron chi connectivity index (χ3n) is 3.07. The Labute approximate surface area is 97.8 Å². The van der Waals surface area contributed by atoms with E-state index in [1.807, 2.05) is 18.2 Å². The lowest BCUT2D eigenvalue weighted by atomic mass is 10.0. The number of benzene rings is 1. The smallest absolute Gasteiger partial charge is 0.0450 e. The van der Waals surface area contributed by atoms with Gasteiger partial charge in [0.15, 0.2) is 0 Å². The van der Waals surface area contributed by atoms with Gasteiger partial charge in [0.25, 0.3) is 0 Å². The summed E-state index contributed by atoms with van der Waals surface area (Å²) in [6, 6.07) is 8.53. The molecule has 0 fully saturated rings. The van der Waals surface area contributed by atoms with Crippen LogP contribution in [0.25, 0.3) is 0 Å². The summed E-state index contributed by atoms with van der Waals surface area (Å²) in [5.74, 6) is 0.701. The lowest BCUT2D eigenvalue weighted by molar-refractivity contribution is 0.389. The second-order valence-corrected chi connectivity index (χ2v) is 4.55. The van der Waals surface area contributed by atoms with Crippen molar-refractivity contribution < 1.29 is 0 Å². The van der Waals surface area contributed by atoms with Crippen molar-refractivity contribution in [3.8, 4) is 0 Å². The summed E-state index contributed by atoms with van der Waals surface area (Å²) in [4.78, 5) is 0. The average Bonchev–Trinajstić information content (AvgIpc) is 2.26. The fourth-order valence-corrected chi connectivity index (χ4v) is 1.67. The fourth-order valence-electron chi connectivity index (χ4n) is 1.47. The highest BCUT2D eigenvalue weighted by atomic mass is 35.5. The molecule has 0 saturated carbocycles. The topological polar surface area (TPSA) is 12.0 Å². The molecule has 0 saturated heterocycles. The summed E-state index contributed by atoms with van der Waals surface area (Å²) in [6.45, 7) is 7.57. The minimum atomic E-state index is 0.534. The molecule has 84 valence electrons. The van der Waals surface area contributed by atoms with Gasteiger partial charge < -0.3 is 5.32 Å². The van der Waals surface area contributed by atoms with Crippen molar-refractivity contribution in [3.05, 3.63) is 34.9 Å². The van der Waals surface area contributed by atoms with Gasteiger partial charge in [-0.2, -0.15) is 0 Å². The summed E-state index contributed by atoms with van der Waals surface area (Å²) < 4.78 is 0. The molecule has 1 nitrogen and oxygen atoms in total. The van der Waals surface area contributed by atoms with Crippen molar-refractivity contribution in [1.82, 2.24) is 5.32 Å². The van der Waals surface area contributed by atoms with Crippen LogP contribution in [0.2, 0.25) is 5.02 Å². The summed E-state index contributed by atoms with van der Waals surface area (Å²) in [5, 5.41) is 4.35. The molecular weight excluding hydrogens is 206 g/mol. The van der Waals surface area contributed by atoms with E-state index in [4.69, 9.17) is 11.6 Å². The van der Waals surface area contributed by atoms with Gasteiger partial charge in [-0.1, -0.05) is 50.1 Å². The van der Waals surface area contributed by atoms with Gasteiger partial charge in [-0.15, -0.1) is 0 Å². The van der Waals surface area contributed by atoms with E-state index in [-0.39, 0.29) is 0 Å². The number of nitrogens with one attached hydrogen (secondary N) is 1. The van der Waals surface area contributed by atoms with E-state index in [9.17, 15) is 0 Å².